The molecule has 0 spiro atoms. The van der Waals surface area contributed by atoms with Crippen molar-refractivity contribution < 1.29 is 14.3 Å². The van der Waals surface area contributed by atoms with E-state index >= 15 is 0 Å². The zero-order valence-corrected chi connectivity index (χ0v) is 17.7. The third kappa shape index (κ3) is 5.34. The Kier molecular flexibility index (Phi) is 6.48. The fourth-order valence-electron chi connectivity index (χ4n) is 2.80. The van der Waals surface area contributed by atoms with Crippen LogP contribution in [0.4, 0.5) is 10.5 Å². The molecular formula is C21H30N4O3. The lowest BCUT2D eigenvalue weighted by molar-refractivity contribution is -0.158. The molecule has 7 heteroatoms. The molecule has 2 aromatic rings. The number of hydrogen-bond donors (Lipinski definition) is 2. The summed E-state index contributed by atoms with van der Waals surface area (Å²) >= 11 is 0. The van der Waals surface area contributed by atoms with Crippen LogP contribution in [0.1, 0.15) is 46.0 Å². The van der Waals surface area contributed by atoms with Crippen LogP contribution < -0.4 is 10.6 Å². The third-order valence-corrected chi connectivity index (χ3v) is 4.14. The van der Waals surface area contributed by atoms with Gasteiger partial charge in [-0.1, -0.05) is 32.0 Å². The first-order valence-electron chi connectivity index (χ1n) is 9.41. The highest BCUT2D eigenvalue weighted by Gasteiger charge is 2.29. The first-order chi connectivity index (χ1) is 13.0. The highest BCUT2D eigenvalue weighted by Crippen LogP contribution is 2.23. The van der Waals surface area contributed by atoms with E-state index in [0.717, 1.165) is 11.4 Å². The minimum atomic E-state index is -0.746. The summed E-state index contributed by atoms with van der Waals surface area (Å²) < 4.78 is 7.20. The molecule has 0 aliphatic heterocycles. The number of carbonyl (C=O) groups excluding carboxylic acids is 2. The van der Waals surface area contributed by atoms with E-state index in [0.29, 0.717) is 11.4 Å². The first-order valence-corrected chi connectivity index (χ1v) is 9.41. The van der Waals surface area contributed by atoms with Crippen LogP contribution >= 0.6 is 0 Å². The van der Waals surface area contributed by atoms with Crippen molar-refractivity contribution in [3.63, 3.8) is 0 Å². The van der Waals surface area contributed by atoms with Gasteiger partial charge in [0.2, 0.25) is 0 Å². The van der Waals surface area contributed by atoms with Crippen molar-refractivity contribution in [1.82, 2.24) is 15.1 Å². The number of aryl methyl sites for hydroxylation is 1. The van der Waals surface area contributed by atoms with Crippen LogP contribution in [0, 0.1) is 19.8 Å². The Hall–Kier alpha value is -2.83. The minimum Gasteiger partial charge on any atom is -0.458 e. The van der Waals surface area contributed by atoms with E-state index in [-0.39, 0.29) is 5.92 Å². The highest BCUT2D eigenvalue weighted by atomic mass is 16.6. The molecule has 2 rings (SSSR count). The molecule has 1 aromatic carbocycles. The maximum atomic E-state index is 12.6. The SMILES string of the molecule is Cc1nn(-c2ccccc2)c(C)c1NC(=O)N[C@H](C(=O)OC(C)(C)C)C(C)C. The summed E-state index contributed by atoms with van der Waals surface area (Å²) in [5.41, 5.74) is 2.40. The average molecular weight is 386 g/mol. The van der Waals surface area contributed by atoms with E-state index in [1.165, 1.54) is 0 Å². The van der Waals surface area contributed by atoms with Crippen molar-refractivity contribution in [3.8, 4) is 5.69 Å². The molecule has 152 valence electrons. The van der Waals surface area contributed by atoms with Gasteiger partial charge in [-0.3, -0.25) is 0 Å². The van der Waals surface area contributed by atoms with Crippen molar-refractivity contribution in [2.45, 2.75) is 60.1 Å². The Morgan fingerprint density at radius 3 is 2.25 bits per heavy atom. The van der Waals surface area contributed by atoms with Gasteiger partial charge in [-0.15, -0.1) is 0 Å². The minimum absolute atomic E-state index is 0.116. The van der Waals surface area contributed by atoms with Crippen LogP contribution in [0.2, 0.25) is 0 Å². The van der Waals surface area contributed by atoms with E-state index < -0.39 is 23.6 Å². The summed E-state index contributed by atoms with van der Waals surface area (Å²) in [6.45, 7) is 12.8. The lowest BCUT2D eigenvalue weighted by atomic mass is 10.0. The van der Waals surface area contributed by atoms with Gasteiger partial charge in [-0.2, -0.15) is 5.10 Å². The number of carbonyl (C=O) groups is 2. The Balaban J connectivity index is 2.16. The summed E-state index contributed by atoms with van der Waals surface area (Å²) in [6.07, 6.45) is 0. The second-order valence-corrected chi connectivity index (χ2v) is 8.15. The normalized spacial score (nSPS) is 12.6. The molecule has 2 amide bonds. The molecule has 1 heterocycles. The number of para-hydroxylation sites is 1. The van der Waals surface area contributed by atoms with Crippen molar-refractivity contribution in [1.29, 1.82) is 0 Å². The van der Waals surface area contributed by atoms with Gasteiger partial charge in [0.05, 0.1) is 22.8 Å². The fraction of sp³-hybridized carbons (Fsp3) is 0.476. The Bertz CT molecular complexity index is 835. The number of amides is 2. The van der Waals surface area contributed by atoms with Gasteiger partial charge in [0, 0.05) is 0 Å². The fourth-order valence-corrected chi connectivity index (χ4v) is 2.80. The summed E-state index contributed by atoms with van der Waals surface area (Å²) in [5.74, 6) is -0.569. The first kappa shape index (κ1) is 21.5. The van der Waals surface area contributed by atoms with Gasteiger partial charge in [0.1, 0.15) is 11.6 Å². The monoisotopic (exact) mass is 386 g/mol. The number of ether oxygens (including phenoxy) is 1. The predicted octanol–water partition coefficient (Wildman–Crippen LogP) is 3.98. The third-order valence-electron chi connectivity index (χ3n) is 4.14. The van der Waals surface area contributed by atoms with Gasteiger partial charge in [0.15, 0.2) is 0 Å². The number of benzene rings is 1. The molecule has 0 aliphatic rings. The molecule has 1 aromatic heterocycles. The lowest BCUT2D eigenvalue weighted by Crippen LogP contribution is -2.48. The average Bonchev–Trinajstić information content (AvgIpc) is 2.86. The number of aromatic nitrogens is 2. The molecule has 0 fully saturated rings. The molecule has 0 radical (unpaired) electrons. The molecule has 2 N–H and O–H groups in total. The van der Waals surface area contributed by atoms with Crippen molar-refractivity contribution >= 4 is 17.7 Å². The number of rotatable bonds is 5. The lowest BCUT2D eigenvalue weighted by Gasteiger charge is -2.26. The highest BCUT2D eigenvalue weighted by molar-refractivity contribution is 5.93. The summed E-state index contributed by atoms with van der Waals surface area (Å²) in [7, 11) is 0. The molecule has 0 aliphatic carbocycles. The molecule has 1 atom stereocenters. The van der Waals surface area contributed by atoms with Crippen LogP contribution in [0.25, 0.3) is 5.69 Å². The van der Waals surface area contributed by atoms with E-state index in [9.17, 15) is 9.59 Å². The van der Waals surface area contributed by atoms with Crippen molar-refractivity contribution in [2.24, 2.45) is 5.92 Å². The molecular weight excluding hydrogens is 356 g/mol. The van der Waals surface area contributed by atoms with E-state index in [2.05, 4.69) is 15.7 Å². The van der Waals surface area contributed by atoms with Crippen LogP contribution in [-0.4, -0.2) is 33.4 Å². The van der Waals surface area contributed by atoms with Crippen LogP contribution in [0.3, 0.4) is 0 Å². The maximum Gasteiger partial charge on any atom is 0.329 e. The van der Waals surface area contributed by atoms with Gasteiger partial charge < -0.3 is 15.4 Å². The second kappa shape index (κ2) is 8.46. The van der Waals surface area contributed by atoms with E-state index in [1.807, 2.05) is 58.0 Å². The Morgan fingerprint density at radius 1 is 1.11 bits per heavy atom. The summed E-state index contributed by atoms with van der Waals surface area (Å²) in [5, 5.41) is 10.1. The van der Waals surface area contributed by atoms with Crippen LogP contribution in [0.15, 0.2) is 30.3 Å². The van der Waals surface area contributed by atoms with Crippen molar-refractivity contribution in [2.75, 3.05) is 5.32 Å². The number of hydrogen-bond acceptors (Lipinski definition) is 4. The zero-order valence-electron chi connectivity index (χ0n) is 17.7. The molecule has 0 saturated carbocycles. The van der Waals surface area contributed by atoms with E-state index in [1.54, 1.807) is 25.5 Å². The van der Waals surface area contributed by atoms with E-state index in [4.69, 9.17) is 4.74 Å². The second-order valence-electron chi connectivity index (χ2n) is 8.15. The Labute approximate surface area is 166 Å². The Morgan fingerprint density at radius 2 is 1.71 bits per heavy atom. The van der Waals surface area contributed by atoms with Crippen LogP contribution in [-0.2, 0) is 9.53 Å². The van der Waals surface area contributed by atoms with Crippen molar-refractivity contribution in [3.05, 3.63) is 41.7 Å². The zero-order chi connectivity index (χ0) is 21.1. The van der Waals surface area contributed by atoms with Gasteiger partial charge in [-0.05, 0) is 52.7 Å². The van der Waals surface area contributed by atoms with Gasteiger partial charge >= 0.3 is 12.0 Å². The topological polar surface area (TPSA) is 85.3 Å². The van der Waals surface area contributed by atoms with Crippen LogP contribution in [0.5, 0.6) is 0 Å². The standard InChI is InChI=1S/C21H30N4O3/c1-13(2)17(19(26)28-21(5,6)7)22-20(27)23-18-14(3)24-25(15(18)4)16-11-9-8-10-12-16/h8-13,17H,1-7H3,(H2,22,23,27)/t17-/m0/s1. The summed E-state index contributed by atoms with van der Waals surface area (Å²) in [4.78, 5) is 25.0. The number of nitrogens with one attached hydrogen (secondary N) is 2. The van der Waals surface area contributed by atoms with Gasteiger partial charge in [-0.25, -0.2) is 14.3 Å². The number of urea groups is 1. The molecule has 28 heavy (non-hydrogen) atoms. The predicted molar refractivity (Wildman–Crippen MR) is 110 cm³/mol. The maximum absolute atomic E-state index is 12.6. The largest absolute Gasteiger partial charge is 0.458 e. The molecule has 0 saturated heterocycles. The molecule has 7 nitrogen and oxygen atoms in total. The summed E-state index contributed by atoms with van der Waals surface area (Å²) in [6, 6.07) is 8.47. The van der Waals surface area contributed by atoms with Gasteiger partial charge in [0.25, 0.3) is 0 Å². The smallest absolute Gasteiger partial charge is 0.329 e. The molecule has 0 unspecified atom stereocenters. The quantitative estimate of drug-likeness (QED) is 0.761. The number of esters is 1. The molecule has 0 bridgehead atoms. The number of nitrogens with zero attached hydrogens (tertiary/aromatic N) is 2. The number of anilines is 1.